The molecule has 0 aliphatic rings. The summed E-state index contributed by atoms with van der Waals surface area (Å²) in [6, 6.07) is 8.85. The summed E-state index contributed by atoms with van der Waals surface area (Å²) in [5.41, 5.74) is 1.06. The molecule has 0 bridgehead atoms. The summed E-state index contributed by atoms with van der Waals surface area (Å²) in [5, 5.41) is 0. The van der Waals surface area contributed by atoms with E-state index >= 15 is 0 Å². The summed E-state index contributed by atoms with van der Waals surface area (Å²) in [5.74, 6) is 0. The minimum atomic E-state index is 0.613. The highest BCUT2D eigenvalue weighted by Gasteiger charge is 1.95. The largest absolute Gasteiger partial charge is 0.380 e. The smallest absolute Gasteiger partial charge is 0.0730 e. The molecule has 0 aromatic heterocycles. The van der Waals surface area contributed by atoms with Crippen LogP contribution in [0.4, 0.5) is 0 Å². The Hall–Kier alpha value is -0.340. The quantitative estimate of drug-likeness (QED) is 0.712. The van der Waals surface area contributed by atoms with E-state index in [1.165, 1.54) is 0 Å². The second-order valence-corrected chi connectivity index (χ2v) is 2.78. The molecule has 1 rings (SSSR count). The first kappa shape index (κ1) is 7.76. The van der Waals surface area contributed by atoms with E-state index in [0.717, 1.165) is 10.0 Å². The fourth-order valence-corrected chi connectivity index (χ4v) is 1.09. The molecular weight excluding hydrogens is 192 g/mol. The molecule has 0 unspecified atom stereocenters. The average Bonchev–Trinajstić information content (AvgIpc) is 1.94. The van der Waals surface area contributed by atoms with Gasteiger partial charge in [0.25, 0.3) is 0 Å². The van der Waals surface area contributed by atoms with Gasteiger partial charge in [-0.2, -0.15) is 0 Å². The standard InChI is InChI=1S/C8H8BrO/c1-10-6-7-4-2-3-5-8(7)9/h2-3,5H,6H2,1H3. The van der Waals surface area contributed by atoms with E-state index in [1.54, 1.807) is 7.11 Å². The highest BCUT2D eigenvalue weighted by molar-refractivity contribution is 9.10. The van der Waals surface area contributed by atoms with Gasteiger partial charge in [-0.1, -0.05) is 28.1 Å². The van der Waals surface area contributed by atoms with Gasteiger partial charge < -0.3 is 4.74 Å². The third-order valence-electron chi connectivity index (χ3n) is 1.17. The van der Waals surface area contributed by atoms with E-state index in [4.69, 9.17) is 4.74 Å². The van der Waals surface area contributed by atoms with Crippen molar-refractivity contribution >= 4 is 15.9 Å². The van der Waals surface area contributed by atoms with E-state index in [-0.39, 0.29) is 0 Å². The maximum Gasteiger partial charge on any atom is 0.0730 e. The van der Waals surface area contributed by atoms with Crippen LogP contribution >= 0.6 is 15.9 Å². The van der Waals surface area contributed by atoms with Gasteiger partial charge in [0.15, 0.2) is 0 Å². The summed E-state index contributed by atoms with van der Waals surface area (Å²) >= 11 is 3.39. The number of rotatable bonds is 2. The Morgan fingerprint density at radius 3 is 3.10 bits per heavy atom. The van der Waals surface area contributed by atoms with E-state index < -0.39 is 0 Å². The van der Waals surface area contributed by atoms with Gasteiger partial charge in [-0.3, -0.25) is 0 Å². The lowest BCUT2D eigenvalue weighted by Gasteiger charge is -1.99. The molecule has 10 heavy (non-hydrogen) atoms. The van der Waals surface area contributed by atoms with Crippen molar-refractivity contribution in [2.75, 3.05) is 7.11 Å². The molecule has 0 amide bonds. The Bertz CT molecular complexity index is 210. The van der Waals surface area contributed by atoms with Crippen LogP contribution in [-0.2, 0) is 11.3 Å². The summed E-state index contributed by atoms with van der Waals surface area (Å²) in [6.07, 6.45) is 0. The van der Waals surface area contributed by atoms with Gasteiger partial charge in [-0.15, -0.1) is 0 Å². The molecular formula is C8H8BrO. The summed E-state index contributed by atoms with van der Waals surface area (Å²) in [4.78, 5) is 0. The van der Waals surface area contributed by atoms with Crippen LogP contribution in [0, 0.1) is 6.07 Å². The van der Waals surface area contributed by atoms with Gasteiger partial charge in [0, 0.05) is 11.6 Å². The fourth-order valence-electron chi connectivity index (χ4n) is 0.706. The molecule has 1 nitrogen and oxygen atoms in total. The third kappa shape index (κ3) is 1.82. The molecule has 0 heterocycles. The van der Waals surface area contributed by atoms with Crippen LogP contribution < -0.4 is 0 Å². The lowest BCUT2D eigenvalue weighted by Crippen LogP contribution is -1.87. The van der Waals surface area contributed by atoms with Crippen molar-refractivity contribution in [3.8, 4) is 0 Å². The maximum absolute atomic E-state index is 4.95. The molecule has 2 heteroatoms. The van der Waals surface area contributed by atoms with Crippen molar-refractivity contribution in [1.82, 2.24) is 0 Å². The molecule has 0 saturated heterocycles. The third-order valence-corrected chi connectivity index (χ3v) is 1.92. The number of ether oxygens (including phenoxy) is 1. The predicted molar refractivity (Wildman–Crippen MR) is 43.7 cm³/mol. The zero-order valence-corrected chi connectivity index (χ0v) is 7.31. The van der Waals surface area contributed by atoms with Crippen LogP contribution in [0.3, 0.4) is 0 Å². The summed E-state index contributed by atoms with van der Waals surface area (Å²) < 4.78 is 6.00. The molecule has 0 aliphatic heterocycles. The van der Waals surface area contributed by atoms with Gasteiger partial charge in [0.05, 0.1) is 6.61 Å². The van der Waals surface area contributed by atoms with E-state index in [9.17, 15) is 0 Å². The molecule has 0 spiro atoms. The van der Waals surface area contributed by atoms with Crippen molar-refractivity contribution in [3.05, 3.63) is 34.3 Å². The maximum atomic E-state index is 4.95. The van der Waals surface area contributed by atoms with E-state index in [0.29, 0.717) is 6.61 Å². The number of halogens is 1. The molecule has 53 valence electrons. The molecule has 1 aromatic carbocycles. The first-order chi connectivity index (χ1) is 4.84. The van der Waals surface area contributed by atoms with Crippen LogP contribution in [0.15, 0.2) is 22.7 Å². The Morgan fingerprint density at radius 2 is 2.50 bits per heavy atom. The van der Waals surface area contributed by atoms with Gasteiger partial charge in [0.2, 0.25) is 0 Å². The van der Waals surface area contributed by atoms with Crippen molar-refractivity contribution in [1.29, 1.82) is 0 Å². The zero-order chi connectivity index (χ0) is 7.40. The summed E-state index contributed by atoms with van der Waals surface area (Å²) in [7, 11) is 1.67. The lowest BCUT2D eigenvalue weighted by molar-refractivity contribution is 0.184. The molecule has 0 N–H and O–H groups in total. The monoisotopic (exact) mass is 199 g/mol. The minimum absolute atomic E-state index is 0.613. The van der Waals surface area contributed by atoms with Crippen molar-refractivity contribution < 1.29 is 4.74 Å². The van der Waals surface area contributed by atoms with Gasteiger partial charge in [-0.05, 0) is 17.7 Å². The molecule has 1 radical (unpaired) electrons. The fraction of sp³-hybridized carbons (Fsp3) is 0.250. The topological polar surface area (TPSA) is 9.23 Å². The van der Waals surface area contributed by atoms with Crippen LogP contribution in [0.2, 0.25) is 0 Å². The first-order valence-electron chi connectivity index (χ1n) is 2.98. The lowest BCUT2D eigenvalue weighted by atomic mass is 10.2. The second-order valence-electron chi connectivity index (χ2n) is 1.93. The SMILES string of the molecule is COCc1[c]cccc1Br. The van der Waals surface area contributed by atoms with Gasteiger partial charge in [0.1, 0.15) is 0 Å². The molecule has 0 aliphatic carbocycles. The van der Waals surface area contributed by atoms with Crippen molar-refractivity contribution in [3.63, 3.8) is 0 Å². The van der Waals surface area contributed by atoms with Gasteiger partial charge >= 0.3 is 0 Å². The van der Waals surface area contributed by atoms with Crippen molar-refractivity contribution in [2.24, 2.45) is 0 Å². The summed E-state index contributed by atoms with van der Waals surface area (Å²) in [6.45, 7) is 0.613. The first-order valence-corrected chi connectivity index (χ1v) is 3.78. The number of methoxy groups -OCH3 is 1. The number of hydrogen-bond donors (Lipinski definition) is 0. The predicted octanol–water partition coefficient (Wildman–Crippen LogP) is 2.40. The number of hydrogen-bond acceptors (Lipinski definition) is 1. The molecule has 0 atom stereocenters. The van der Waals surface area contributed by atoms with Crippen molar-refractivity contribution in [2.45, 2.75) is 6.61 Å². The number of benzene rings is 1. The zero-order valence-electron chi connectivity index (χ0n) is 5.73. The molecule has 0 fully saturated rings. The Morgan fingerprint density at radius 1 is 1.70 bits per heavy atom. The van der Waals surface area contributed by atoms with Gasteiger partial charge in [-0.25, -0.2) is 0 Å². The van der Waals surface area contributed by atoms with Crippen LogP contribution in [0.25, 0.3) is 0 Å². The Labute approximate surface area is 69.1 Å². The minimum Gasteiger partial charge on any atom is -0.380 e. The van der Waals surface area contributed by atoms with Crippen LogP contribution in [0.5, 0.6) is 0 Å². The highest BCUT2D eigenvalue weighted by atomic mass is 79.9. The van der Waals surface area contributed by atoms with E-state index in [1.807, 2.05) is 18.2 Å². The molecule has 0 saturated carbocycles. The van der Waals surface area contributed by atoms with E-state index in [2.05, 4.69) is 22.0 Å². The average molecular weight is 200 g/mol. The Balaban J connectivity index is 2.81. The Kier molecular flexibility index (Phi) is 2.90. The second kappa shape index (κ2) is 3.74. The molecule has 1 aromatic rings. The highest BCUT2D eigenvalue weighted by Crippen LogP contribution is 2.15. The van der Waals surface area contributed by atoms with Crippen LogP contribution in [0.1, 0.15) is 5.56 Å². The normalized spacial score (nSPS) is 9.80. The van der Waals surface area contributed by atoms with Crippen LogP contribution in [-0.4, -0.2) is 7.11 Å².